The maximum atomic E-state index is 12.4. The van der Waals surface area contributed by atoms with E-state index < -0.39 is 11.9 Å². The van der Waals surface area contributed by atoms with Crippen LogP contribution in [0.5, 0.6) is 17.2 Å². The number of benzene rings is 3. The second-order valence-electron chi connectivity index (χ2n) is 9.86. The highest BCUT2D eigenvalue weighted by Crippen LogP contribution is 2.49. The lowest BCUT2D eigenvalue weighted by molar-refractivity contribution is -0.133. The molecule has 1 atom stereocenters. The number of hydrogen-bond donors (Lipinski definition) is 0. The molecule has 3 aromatic rings. The zero-order valence-corrected chi connectivity index (χ0v) is 22.6. The van der Waals surface area contributed by atoms with Crippen molar-refractivity contribution >= 4 is 35.1 Å². The number of carbonyl (C=O) groups is 2. The first-order valence-corrected chi connectivity index (χ1v) is 14.2. The zero-order valence-electron chi connectivity index (χ0n) is 21.8. The first-order valence-electron chi connectivity index (χ1n) is 13.2. The highest BCUT2D eigenvalue weighted by Gasteiger charge is 2.32. The molecule has 0 aromatic heterocycles. The van der Waals surface area contributed by atoms with Crippen molar-refractivity contribution in [3.05, 3.63) is 83.9 Å². The van der Waals surface area contributed by atoms with E-state index in [9.17, 15) is 9.59 Å². The molecule has 3 aliphatic rings. The van der Waals surface area contributed by atoms with Crippen molar-refractivity contribution in [1.29, 1.82) is 0 Å². The van der Waals surface area contributed by atoms with Gasteiger partial charge in [-0.1, -0.05) is 24.3 Å². The first kappa shape index (κ1) is 25.5. The molecule has 0 bridgehead atoms. The van der Waals surface area contributed by atoms with Gasteiger partial charge in [-0.2, -0.15) is 0 Å². The quantitative estimate of drug-likeness (QED) is 0.298. The van der Waals surface area contributed by atoms with Crippen LogP contribution in [0.4, 0.5) is 11.4 Å². The van der Waals surface area contributed by atoms with Crippen LogP contribution in [-0.2, 0) is 21.8 Å². The van der Waals surface area contributed by atoms with Crippen molar-refractivity contribution in [2.75, 3.05) is 31.6 Å². The van der Waals surface area contributed by atoms with Crippen molar-refractivity contribution in [3.8, 4) is 17.2 Å². The molecule has 200 valence electrons. The van der Waals surface area contributed by atoms with Crippen molar-refractivity contribution in [2.45, 2.75) is 36.0 Å². The van der Waals surface area contributed by atoms with Gasteiger partial charge in [-0.3, -0.25) is 4.90 Å². The summed E-state index contributed by atoms with van der Waals surface area (Å²) < 4.78 is 16.5. The van der Waals surface area contributed by atoms with E-state index in [1.54, 1.807) is 24.9 Å². The van der Waals surface area contributed by atoms with Gasteiger partial charge in [0.2, 0.25) is 0 Å². The van der Waals surface area contributed by atoms with Gasteiger partial charge in [0.15, 0.2) is 11.5 Å². The molecule has 0 radical (unpaired) electrons. The maximum Gasteiger partial charge on any atom is 0.336 e. The van der Waals surface area contributed by atoms with Gasteiger partial charge in [-0.15, -0.1) is 11.8 Å². The highest BCUT2D eigenvalue weighted by molar-refractivity contribution is 7.98. The molecule has 3 aromatic carbocycles. The van der Waals surface area contributed by atoms with Gasteiger partial charge in [0.25, 0.3) is 0 Å². The predicted molar refractivity (Wildman–Crippen MR) is 151 cm³/mol. The normalized spacial score (nSPS) is 19.5. The molecule has 39 heavy (non-hydrogen) atoms. The molecule has 0 N–H and O–H groups in total. The molecule has 1 saturated heterocycles. The van der Waals surface area contributed by atoms with E-state index in [0.717, 1.165) is 73.7 Å². The smallest absolute Gasteiger partial charge is 0.336 e. The van der Waals surface area contributed by atoms with Crippen LogP contribution in [0, 0.1) is 0 Å². The number of ether oxygens (including phenoxy) is 3. The van der Waals surface area contributed by atoms with Gasteiger partial charge in [-0.25, -0.2) is 9.59 Å². The van der Waals surface area contributed by atoms with Gasteiger partial charge in [0.1, 0.15) is 5.75 Å². The van der Waals surface area contributed by atoms with Gasteiger partial charge in [-0.05, 0) is 67.8 Å². The predicted octanol–water partition coefficient (Wildman–Crippen LogP) is 5.53. The Labute approximate surface area is 232 Å². The Hall–Kier alpha value is -3.75. The molecule has 8 heteroatoms. The molecular weight excluding hydrogens is 512 g/mol. The summed E-state index contributed by atoms with van der Waals surface area (Å²) >= 11 is 1.70. The van der Waals surface area contributed by atoms with Crippen LogP contribution < -0.4 is 19.1 Å². The number of nitrogens with zero attached hydrogens (tertiary/aromatic N) is 2. The van der Waals surface area contributed by atoms with Crippen LogP contribution in [-0.4, -0.2) is 49.6 Å². The Balaban J connectivity index is 1.30. The minimum absolute atomic E-state index is 0.268. The summed E-state index contributed by atoms with van der Waals surface area (Å²) in [5.41, 5.74) is 4.26. The Bertz CT molecular complexity index is 1420. The summed E-state index contributed by atoms with van der Waals surface area (Å²) in [5, 5.41) is 0. The molecule has 0 spiro atoms. The summed E-state index contributed by atoms with van der Waals surface area (Å²) in [7, 11) is 1.69. The first-order chi connectivity index (χ1) is 19.1. The standard InChI is InChI=1S/C31H30N2O5S/c1-36-23-10-8-21(9-11-23)16-18-32-17-4-5-22(32)19-33-25-12-13-27-31(38-30(35)15-14-29(34)37-27)24(25)20-39-28-7-3-2-6-26(28)33/h2-3,6-15,22H,4-5,16-20H2,1H3/b15-14-/t22-/m0/s1. The fourth-order valence-electron chi connectivity index (χ4n) is 5.54. The Morgan fingerprint density at radius 3 is 2.56 bits per heavy atom. The van der Waals surface area contributed by atoms with Crippen LogP contribution >= 0.6 is 11.8 Å². The van der Waals surface area contributed by atoms with Crippen LogP contribution in [0.2, 0.25) is 0 Å². The topological polar surface area (TPSA) is 68.3 Å². The third-order valence-corrected chi connectivity index (χ3v) is 8.62. The lowest BCUT2D eigenvalue weighted by Gasteiger charge is -2.33. The lowest BCUT2D eigenvalue weighted by Crippen LogP contribution is -2.40. The average molecular weight is 543 g/mol. The molecule has 3 heterocycles. The van der Waals surface area contributed by atoms with E-state index in [0.29, 0.717) is 17.5 Å². The van der Waals surface area contributed by atoms with Crippen LogP contribution in [0.25, 0.3) is 0 Å². The minimum Gasteiger partial charge on any atom is -0.497 e. The number of fused-ring (bicyclic) bond motifs is 4. The van der Waals surface area contributed by atoms with Crippen molar-refractivity contribution < 1.29 is 23.8 Å². The summed E-state index contributed by atoms with van der Waals surface area (Å²) in [6.45, 7) is 2.86. The van der Waals surface area contributed by atoms with E-state index >= 15 is 0 Å². The molecule has 0 amide bonds. The second kappa shape index (κ2) is 11.2. The van der Waals surface area contributed by atoms with Crippen LogP contribution in [0.3, 0.4) is 0 Å². The number of methoxy groups -OCH3 is 1. The summed E-state index contributed by atoms with van der Waals surface area (Å²) in [5.74, 6) is 0.882. The minimum atomic E-state index is -0.590. The van der Waals surface area contributed by atoms with E-state index in [2.05, 4.69) is 40.1 Å². The second-order valence-corrected chi connectivity index (χ2v) is 10.9. The van der Waals surface area contributed by atoms with E-state index in [-0.39, 0.29) is 5.75 Å². The molecule has 7 nitrogen and oxygen atoms in total. The maximum absolute atomic E-state index is 12.4. The number of esters is 2. The van der Waals surface area contributed by atoms with E-state index in [1.165, 1.54) is 10.5 Å². The third kappa shape index (κ3) is 5.40. The lowest BCUT2D eigenvalue weighted by atomic mass is 10.1. The fourth-order valence-corrected chi connectivity index (χ4v) is 6.62. The van der Waals surface area contributed by atoms with E-state index in [1.807, 2.05) is 24.3 Å². The molecule has 0 unspecified atom stereocenters. The average Bonchev–Trinajstić information content (AvgIpc) is 3.33. The molecule has 0 aliphatic carbocycles. The Kier molecular flexibility index (Phi) is 7.30. The van der Waals surface area contributed by atoms with Gasteiger partial charge < -0.3 is 19.1 Å². The Morgan fingerprint density at radius 2 is 1.74 bits per heavy atom. The number of rotatable bonds is 6. The zero-order chi connectivity index (χ0) is 26.8. The number of anilines is 2. The largest absolute Gasteiger partial charge is 0.497 e. The van der Waals surface area contributed by atoms with Crippen molar-refractivity contribution in [2.24, 2.45) is 0 Å². The number of carbonyl (C=O) groups excluding carboxylic acids is 2. The molecule has 1 fully saturated rings. The monoisotopic (exact) mass is 542 g/mol. The van der Waals surface area contributed by atoms with Gasteiger partial charge >= 0.3 is 11.9 Å². The van der Waals surface area contributed by atoms with Crippen molar-refractivity contribution in [3.63, 3.8) is 0 Å². The molecule has 0 saturated carbocycles. The SMILES string of the molecule is COc1ccc(CCN2CCC[C@H]2CN2c3ccccc3SCc3c2ccc2c3OC(=O)/C=C\C(=O)O2)cc1. The number of hydrogen-bond acceptors (Lipinski definition) is 8. The van der Waals surface area contributed by atoms with Gasteiger partial charge in [0, 0.05) is 53.2 Å². The highest BCUT2D eigenvalue weighted by atomic mass is 32.2. The summed E-state index contributed by atoms with van der Waals surface area (Å²) in [6.07, 6.45) is 5.46. The van der Waals surface area contributed by atoms with Crippen LogP contribution in [0.15, 0.2) is 77.7 Å². The number of thioether (sulfide) groups is 1. The summed E-state index contributed by atoms with van der Waals surface area (Å²) in [4.78, 5) is 30.7. The Morgan fingerprint density at radius 1 is 0.949 bits per heavy atom. The van der Waals surface area contributed by atoms with Gasteiger partial charge in [0.05, 0.1) is 12.8 Å². The third-order valence-electron chi connectivity index (χ3n) is 7.53. The molecular formula is C31H30N2O5S. The van der Waals surface area contributed by atoms with Crippen molar-refractivity contribution in [1.82, 2.24) is 4.90 Å². The number of likely N-dealkylation sites (tertiary alicyclic amines) is 1. The summed E-state index contributed by atoms with van der Waals surface area (Å²) in [6, 6.07) is 20.8. The molecule has 6 rings (SSSR count). The van der Waals surface area contributed by atoms with Crippen LogP contribution in [0.1, 0.15) is 24.0 Å². The van der Waals surface area contributed by atoms with E-state index in [4.69, 9.17) is 14.2 Å². The fraction of sp³-hybridized carbons (Fsp3) is 0.290. The number of para-hydroxylation sites is 1. The molecule has 3 aliphatic heterocycles.